The Morgan fingerprint density at radius 2 is 1.64 bits per heavy atom. The summed E-state index contributed by atoms with van der Waals surface area (Å²) in [4.78, 5) is 0. The van der Waals surface area contributed by atoms with Gasteiger partial charge in [-0.2, -0.15) is 0 Å². The Morgan fingerprint density at radius 3 is 2.14 bits per heavy atom. The quantitative estimate of drug-likeness (QED) is 0.434. The average molecular weight is 254 g/mol. The molecule has 1 aromatic rings. The first-order chi connectivity index (χ1) is 6.08. The van der Waals surface area contributed by atoms with E-state index >= 15 is 0 Å². The summed E-state index contributed by atoms with van der Waals surface area (Å²) in [5, 5.41) is 0. The molecule has 0 N–H and O–H groups in total. The SMILES string of the molecule is C[N+](C)(C)CC#Cc1ccccc1.[Br-]. The Labute approximate surface area is 97.1 Å². The van der Waals surface area contributed by atoms with Crippen LogP contribution in [0.2, 0.25) is 0 Å². The van der Waals surface area contributed by atoms with Gasteiger partial charge in [-0.1, -0.05) is 24.1 Å². The van der Waals surface area contributed by atoms with E-state index in [2.05, 4.69) is 33.0 Å². The maximum atomic E-state index is 3.16. The van der Waals surface area contributed by atoms with Crippen molar-refractivity contribution in [3.05, 3.63) is 35.9 Å². The van der Waals surface area contributed by atoms with Crippen molar-refractivity contribution >= 4 is 0 Å². The molecule has 0 aliphatic carbocycles. The Kier molecular flexibility index (Phi) is 5.52. The minimum Gasteiger partial charge on any atom is -1.00 e. The van der Waals surface area contributed by atoms with Gasteiger partial charge in [0.15, 0.2) is 0 Å². The van der Waals surface area contributed by atoms with Crippen LogP contribution in [0, 0.1) is 11.8 Å². The highest BCUT2D eigenvalue weighted by molar-refractivity contribution is 5.33. The summed E-state index contributed by atoms with van der Waals surface area (Å²) in [5.74, 6) is 6.30. The molecular formula is C12H16BrN. The lowest BCUT2D eigenvalue weighted by molar-refractivity contribution is -0.862. The van der Waals surface area contributed by atoms with Crippen LogP contribution < -0.4 is 17.0 Å². The molecule has 76 valence electrons. The maximum Gasteiger partial charge on any atom is 0.140 e. The molecule has 0 saturated carbocycles. The minimum atomic E-state index is 0. The van der Waals surface area contributed by atoms with Crippen LogP contribution in [0.5, 0.6) is 0 Å². The second kappa shape index (κ2) is 5.85. The summed E-state index contributed by atoms with van der Waals surface area (Å²) < 4.78 is 0.889. The zero-order valence-corrected chi connectivity index (χ0v) is 10.5. The van der Waals surface area contributed by atoms with Gasteiger partial charge in [-0.3, -0.25) is 0 Å². The van der Waals surface area contributed by atoms with Crippen LogP contribution in [-0.4, -0.2) is 32.2 Å². The van der Waals surface area contributed by atoms with E-state index in [9.17, 15) is 0 Å². The molecule has 0 unspecified atom stereocenters. The van der Waals surface area contributed by atoms with E-state index in [1.807, 2.05) is 30.3 Å². The lowest BCUT2D eigenvalue weighted by atomic mass is 10.2. The molecular weight excluding hydrogens is 238 g/mol. The number of rotatable bonds is 1. The van der Waals surface area contributed by atoms with E-state index < -0.39 is 0 Å². The number of hydrogen-bond donors (Lipinski definition) is 0. The fourth-order valence-corrected chi connectivity index (χ4v) is 0.900. The summed E-state index contributed by atoms with van der Waals surface area (Å²) in [5.41, 5.74) is 1.09. The monoisotopic (exact) mass is 253 g/mol. The Bertz CT molecular complexity index is 314. The van der Waals surface area contributed by atoms with Crippen molar-refractivity contribution in [2.75, 3.05) is 27.7 Å². The van der Waals surface area contributed by atoms with Crippen LogP contribution in [-0.2, 0) is 0 Å². The third kappa shape index (κ3) is 5.80. The van der Waals surface area contributed by atoms with Gasteiger partial charge in [-0.25, -0.2) is 0 Å². The number of hydrogen-bond acceptors (Lipinski definition) is 0. The largest absolute Gasteiger partial charge is 1.00 e. The Hall–Kier alpha value is -0.780. The normalized spacial score (nSPS) is 9.64. The maximum absolute atomic E-state index is 3.16. The highest BCUT2D eigenvalue weighted by Crippen LogP contribution is 1.95. The molecule has 0 fully saturated rings. The lowest BCUT2D eigenvalue weighted by Crippen LogP contribution is -3.00. The van der Waals surface area contributed by atoms with Crippen molar-refractivity contribution < 1.29 is 21.5 Å². The van der Waals surface area contributed by atoms with Crippen LogP contribution in [0.3, 0.4) is 0 Å². The van der Waals surface area contributed by atoms with Crippen molar-refractivity contribution in [2.45, 2.75) is 0 Å². The molecule has 0 aliphatic rings. The second-order valence-electron chi connectivity index (χ2n) is 4.12. The van der Waals surface area contributed by atoms with E-state index in [4.69, 9.17) is 0 Å². The smallest absolute Gasteiger partial charge is 0.140 e. The number of halogens is 1. The average Bonchev–Trinajstić information content (AvgIpc) is 2.04. The molecule has 0 heterocycles. The van der Waals surface area contributed by atoms with Crippen molar-refractivity contribution in [3.8, 4) is 11.8 Å². The van der Waals surface area contributed by atoms with Crippen LogP contribution in [0.4, 0.5) is 0 Å². The van der Waals surface area contributed by atoms with E-state index in [0.29, 0.717) is 0 Å². The zero-order chi connectivity index (χ0) is 9.73. The molecule has 0 aromatic heterocycles. The van der Waals surface area contributed by atoms with E-state index in [1.54, 1.807) is 0 Å². The minimum absolute atomic E-state index is 0. The van der Waals surface area contributed by atoms with E-state index in [-0.39, 0.29) is 17.0 Å². The van der Waals surface area contributed by atoms with Gasteiger partial charge in [-0.15, -0.1) is 0 Å². The standard InChI is InChI=1S/C12H16N.BrH/c1-13(2,3)11-7-10-12-8-5-4-6-9-12;/h4-6,8-9H,11H2,1-3H3;1H/q+1;/p-1. The number of quaternary nitrogens is 1. The van der Waals surface area contributed by atoms with Gasteiger partial charge in [0.2, 0.25) is 0 Å². The van der Waals surface area contributed by atoms with Gasteiger partial charge < -0.3 is 21.5 Å². The van der Waals surface area contributed by atoms with Crippen LogP contribution >= 0.6 is 0 Å². The van der Waals surface area contributed by atoms with Crippen molar-refractivity contribution in [3.63, 3.8) is 0 Å². The summed E-state index contributed by atoms with van der Waals surface area (Å²) in [6, 6.07) is 10.1. The third-order valence-corrected chi connectivity index (χ3v) is 1.56. The fraction of sp³-hybridized carbons (Fsp3) is 0.333. The molecule has 1 nitrogen and oxygen atoms in total. The highest BCUT2D eigenvalue weighted by Gasteiger charge is 2.01. The molecule has 0 saturated heterocycles. The van der Waals surface area contributed by atoms with Gasteiger partial charge in [0.25, 0.3) is 0 Å². The fourth-order valence-electron chi connectivity index (χ4n) is 0.900. The van der Waals surface area contributed by atoms with Crippen molar-refractivity contribution in [2.24, 2.45) is 0 Å². The predicted octanol–water partition coefficient (Wildman–Crippen LogP) is -1.25. The first kappa shape index (κ1) is 13.2. The lowest BCUT2D eigenvalue weighted by Gasteiger charge is -2.19. The Morgan fingerprint density at radius 1 is 1.07 bits per heavy atom. The van der Waals surface area contributed by atoms with Gasteiger partial charge in [-0.05, 0) is 18.1 Å². The number of benzene rings is 1. The third-order valence-electron chi connectivity index (χ3n) is 1.56. The first-order valence-corrected chi connectivity index (χ1v) is 4.42. The molecule has 2 heteroatoms. The van der Waals surface area contributed by atoms with Gasteiger partial charge in [0.1, 0.15) is 6.54 Å². The Balaban J connectivity index is 0.00000169. The molecule has 1 aromatic carbocycles. The predicted molar refractivity (Wildman–Crippen MR) is 56.2 cm³/mol. The van der Waals surface area contributed by atoms with Crippen LogP contribution in [0.15, 0.2) is 30.3 Å². The zero-order valence-electron chi connectivity index (χ0n) is 8.92. The summed E-state index contributed by atoms with van der Waals surface area (Å²) in [6.07, 6.45) is 0. The molecule has 0 aliphatic heterocycles. The summed E-state index contributed by atoms with van der Waals surface area (Å²) >= 11 is 0. The molecule has 0 atom stereocenters. The van der Waals surface area contributed by atoms with Gasteiger partial charge in [0.05, 0.1) is 21.1 Å². The van der Waals surface area contributed by atoms with Crippen LogP contribution in [0.1, 0.15) is 5.56 Å². The van der Waals surface area contributed by atoms with Gasteiger partial charge >= 0.3 is 0 Å². The number of nitrogens with zero attached hydrogens (tertiary/aromatic N) is 1. The second-order valence-corrected chi connectivity index (χ2v) is 4.12. The first-order valence-electron chi connectivity index (χ1n) is 4.42. The molecule has 0 amide bonds. The topological polar surface area (TPSA) is 0 Å². The van der Waals surface area contributed by atoms with Gasteiger partial charge in [0, 0.05) is 5.56 Å². The van der Waals surface area contributed by atoms with Crippen molar-refractivity contribution in [1.29, 1.82) is 0 Å². The van der Waals surface area contributed by atoms with E-state index in [0.717, 1.165) is 16.6 Å². The molecule has 1 rings (SSSR count). The highest BCUT2D eigenvalue weighted by atomic mass is 79.9. The molecule has 0 spiro atoms. The van der Waals surface area contributed by atoms with E-state index in [1.165, 1.54) is 0 Å². The van der Waals surface area contributed by atoms with Crippen molar-refractivity contribution in [1.82, 2.24) is 0 Å². The summed E-state index contributed by atoms with van der Waals surface area (Å²) in [7, 11) is 6.42. The summed E-state index contributed by atoms with van der Waals surface area (Å²) in [6.45, 7) is 0.884. The molecule has 14 heavy (non-hydrogen) atoms. The molecule has 0 bridgehead atoms. The van der Waals surface area contributed by atoms with Crippen LogP contribution in [0.25, 0.3) is 0 Å². The molecule has 0 radical (unpaired) electrons.